The molecule has 22 heavy (non-hydrogen) atoms. The monoisotopic (exact) mass is 309 g/mol. The van der Waals surface area contributed by atoms with E-state index in [9.17, 15) is 4.79 Å². The topological polar surface area (TPSA) is 102 Å². The predicted molar refractivity (Wildman–Crippen MR) is 84.8 cm³/mol. The van der Waals surface area contributed by atoms with E-state index in [4.69, 9.17) is 10.5 Å². The van der Waals surface area contributed by atoms with Crippen LogP contribution in [0, 0.1) is 22.7 Å². The maximum absolute atomic E-state index is 11.0. The molecule has 0 radical (unpaired) electrons. The van der Waals surface area contributed by atoms with E-state index in [2.05, 4.69) is 15.6 Å². The third-order valence-electron chi connectivity index (χ3n) is 2.59. The molecule has 7 heteroatoms. The fraction of sp³-hybridized carbons (Fsp3) is 0.0667. The Hall–Kier alpha value is -3.16. The number of hydrogen-bond donors (Lipinski definition) is 2. The van der Waals surface area contributed by atoms with Crippen molar-refractivity contribution in [3.05, 3.63) is 41.4 Å². The Labute approximate surface area is 131 Å². The van der Waals surface area contributed by atoms with Crippen LogP contribution in [-0.2, 0) is 4.79 Å². The number of anilines is 2. The molecule has 2 rings (SSSR count). The zero-order valence-electron chi connectivity index (χ0n) is 11.6. The van der Waals surface area contributed by atoms with Gasteiger partial charge in [0.25, 0.3) is 0 Å². The van der Waals surface area contributed by atoms with Crippen LogP contribution >= 0.6 is 11.3 Å². The van der Waals surface area contributed by atoms with Crippen LogP contribution in [-0.4, -0.2) is 10.9 Å². The molecule has 0 bridgehead atoms. The molecule has 0 aliphatic heterocycles. The van der Waals surface area contributed by atoms with Crippen molar-refractivity contribution in [1.82, 2.24) is 4.98 Å². The summed E-state index contributed by atoms with van der Waals surface area (Å²) in [4.78, 5) is 15.3. The summed E-state index contributed by atoms with van der Waals surface area (Å²) >= 11 is 1.37. The number of allylic oxidation sites excluding steroid dienone is 1. The van der Waals surface area contributed by atoms with Crippen molar-refractivity contribution in [2.75, 3.05) is 10.6 Å². The highest BCUT2D eigenvalue weighted by Crippen LogP contribution is 2.26. The Morgan fingerprint density at radius 1 is 1.27 bits per heavy atom. The number of carbonyl (C=O) groups excluding carboxylic acids is 1. The molecule has 2 aromatic rings. The molecule has 6 nitrogen and oxygen atoms in total. The zero-order chi connectivity index (χ0) is 15.9. The summed E-state index contributed by atoms with van der Waals surface area (Å²) in [5.74, 6) is -0.120. The van der Waals surface area contributed by atoms with Gasteiger partial charge in [-0.15, -0.1) is 11.3 Å². The normalized spacial score (nSPS) is 9.23. The average molecular weight is 309 g/mol. The number of nitrogens with zero attached hydrogens (tertiary/aromatic N) is 3. The predicted octanol–water partition coefficient (Wildman–Crippen LogP) is 3.11. The first-order chi connectivity index (χ1) is 10.6. The molecular formula is C15H11N5OS. The van der Waals surface area contributed by atoms with E-state index in [0.29, 0.717) is 5.13 Å². The molecular weight excluding hydrogens is 298 g/mol. The minimum Gasteiger partial charge on any atom is -0.336 e. The SMILES string of the molecule is CC(=O)Nc1ccc(-c2csc(NC=C(C#N)C#N)n2)cc1. The van der Waals surface area contributed by atoms with Crippen LogP contribution in [0.15, 0.2) is 41.4 Å². The zero-order valence-corrected chi connectivity index (χ0v) is 12.4. The second-order valence-corrected chi connectivity index (χ2v) is 5.08. The number of carbonyl (C=O) groups is 1. The van der Waals surface area contributed by atoms with E-state index in [1.165, 1.54) is 24.5 Å². The standard InChI is InChI=1S/C15H11N5OS/c1-10(21)19-13-4-2-12(3-5-13)14-9-22-15(20-14)18-8-11(6-16)7-17/h2-5,8-9H,1H3,(H,18,20)(H,19,21). The van der Waals surface area contributed by atoms with E-state index >= 15 is 0 Å². The summed E-state index contributed by atoms with van der Waals surface area (Å²) in [6, 6.07) is 10.8. The van der Waals surface area contributed by atoms with Gasteiger partial charge in [-0.1, -0.05) is 12.1 Å². The van der Waals surface area contributed by atoms with Gasteiger partial charge in [-0.2, -0.15) is 10.5 Å². The molecule has 0 fully saturated rings. The van der Waals surface area contributed by atoms with Crippen LogP contribution in [0.4, 0.5) is 10.8 Å². The summed E-state index contributed by atoms with van der Waals surface area (Å²) in [5.41, 5.74) is 2.38. The van der Waals surface area contributed by atoms with Gasteiger partial charge in [0.15, 0.2) is 5.13 Å². The summed E-state index contributed by atoms with van der Waals surface area (Å²) in [6.45, 7) is 1.45. The minimum absolute atomic E-state index is 0.0172. The first kappa shape index (κ1) is 15.2. The molecule has 1 aromatic heterocycles. The summed E-state index contributed by atoms with van der Waals surface area (Å²) in [6.07, 6.45) is 1.32. The molecule has 0 saturated carbocycles. The molecule has 0 unspecified atom stereocenters. The molecule has 108 valence electrons. The molecule has 0 atom stereocenters. The molecule has 0 aliphatic rings. The lowest BCUT2D eigenvalue weighted by atomic mass is 10.1. The smallest absolute Gasteiger partial charge is 0.221 e. The van der Waals surface area contributed by atoms with Gasteiger partial charge >= 0.3 is 0 Å². The number of aromatic nitrogens is 1. The number of rotatable bonds is 4. The van der Waals surface area contributed by atoms with E-state index in [1.807, 2.05) is 17.5 Å². The van der Waals surface area contributed by atoms with Gasteiger partial charge in [0, 0.05) is 29.8 Å². The molecule has 1 heterocycles. The van der Waals surface area contributed by atoms with Gasteiger partial charge < -0.3 is 10.6 Å². The highest BCUT2D eigenvalue weighted by molar-refractivity contribution is 7.14. The van der Waals surface area contributed by atoms with Crippen molar-refractivity contribution < 1.29 is 4.79 Å². The van der Waals surface area contributed by atoms with Crippen LogP contribution in [0.1, 0.15) is 6.92 Å². The maximum atomic E-state index is 11.0. The lowest BCUT2D eigenvalue weighted by molar-refractivity contribution is -0.114. The number of nitrogens with one attached hydrogen (secondary N) is 2. The van der Waals surface area contributed by atoms with Gasteiger partial charge in [-0.25, -0.2) is 4.98 Å². The Morgan fingerprint density at radius 2 is 1.95 bits per heavy atom. The maximum Gasteiger partial charge on any atom is 0.221 e. The quantitative estimate of drug-likeness (QED) is 0.845. The Balaban J connectivity index is 2.12. The van der Waals surface area contributed by atoms with Crippen molar-refractivity contribution in [3.8, 4) is 23.4 Å². The van der Waals surface area contributed by atoms with E-state index in [-0.39, 0.29) is 11.5 Å². The van der Waals surface area contributed by atoms with Crippen LogP contribution in [0.25, 0.3) is 11.3 Å². The van der Waals surface area contributed by atoms with Crippen molar-refractivity contribution in [1.29, 1.82) is 10.5 Å². The summed E-state index contributed by atoms with van der Waals surface area (Å²) < 4.78 is 0. The number of nitriles is 2. The van der Waals surface area contributed by atoms with Gasteiger partial charge in [-0.3, -0.25) is 4.79 Å². The van der Waals surface area contributed by atoms with Crippen LogP contribution in [0.5, 0.6) is 0 Å². The van der Waals surface area contributed by atoms with Crippen molar-refractivity contribution >= 4 is 28.1 Å². The van der Waals surface area contributed by atoms with Crippen molar-refractivity contribution in [2.24, 2.45) is 0 Å². The molecule has 1 aromatic carbocycles. The molecule has 1 amide bonds. The largest absolute Gasteiger partial charge is 0.336 e. The molecule has 2 N–H and O–H groups in total. The van der Waals surface area contributed by atoms with Gasteiger partial charge in [0.2, 0.25) is 5.91 Å². The summed E-state index contributed by atoms with van der Waals surface area (Å²) in [5, 5.41) is 25.3. The second-order valence-electron chi connectivity index (χ2n) is 4.22. The Kier molecular flexibility index (Phi) is 4.86. The lowest BCUT2D eigenvalue weighted by Gasteiger charge is -2.02. The fourth-order valence-electron chi connectivity index (χ4n) is 1.62. The first-order valence-corrected chi connectivity index (χ1v) is 7.11. The van der Waals surface area contributed by atoms with E-state index in [0.717, 1.165) is 16.9 Å². The number of hydrogen-bond acceptors (Lipinski definition) is 6. The average Bonchev–Trinajstić information content (AvgIpc) is 2.97. The number of amides is 1. The van der Waals surface area contributed by atoms with E-state index < -0.39 is 0 Å². The molecule has 0 spiro atoms. The third kappa shape index (κ3) is 3.92. The van der Waals surface area contributed by atoms with Crippen LogP contribution in [0.2, 0.25) is 0 Å². The lowest BCUT2D eigenvalue weighted by Crippen LogP contribution is -2.05. The van der Waals surface area contributed by atoms with Gasteiger partial charge in [-0.05, 0) is 12.1 Å². The van der Waals surface area contributed by atoms with E-state index in [1.54, 1.807) is 24.3 Å². The van der Waals surface area contributed by atoms with Crippen LogP contribution in [0.3, 0.4) is 0 Å². The van der Waals surface area contributed by atoms with Gasteiger partial charge in [0.1, 0.15) is 17.7 Å². The molecule has 0 saturated heterocycles. The Bertz CT molecular complexity index is 777. The Morgan fingerprint density at radius 3 is 2.55 bits per heavy atom. The third-order valence-corrected chi connectivity index (χ3v) is 3.36. The van der Waals surface area contributed by atoms with Crippen LogP contribution < -0.4 is 10.6 Å². The number of benzene rings is 1. The molecule has 0 aliphatic carbocycles. The second kappa shape index (κ2) is 7.02. The first-order valence-electron chi connectivity index (χ1n) is 6.23. The minimum atomic E-state index is -0.120. The van der Waals surface area contributed by atoms with Crippen molar-refractivity contribution in [3.63, 3.8) is 0 Å². The fourth-order valence-corrected chi connectivity index (χ4v) is 2.31. The number of thiazole rings is 1. The van der Waals surface area contributed by atoms with Gasteiger partial charge in [0.05, 0.1) is 5.69 Å². The highest BCUT2D eigenvalue weighted by Gasteiger charge is 2.04. The van der Waals surface area contributed by atoms with Crippen molar-refractivity contribution in [2.45, 2.75) is 6.92 Å². The summed E-state index contributed by atoms with van der Waals surface area (Å²) in [7, 11) is 0. The highest BCUT2D eigenvalue weighted by atomic mass is 32.1.